The van der Waals surface area contributed by atoms with E-state index < -0.39 is 0 Å². The Hall–Kier alpha value is -1.90. The summed E-state index contributed by atoms with van der Waals surface area (Å²) in [6, 6.07) is 11.3. The summed E-state index contributed by atoms with van der Waals surface area (Å²) < 4.78 is 17.4. The molecule has 4 rings (SSSR count). The van der Waals surface area contributed by atoms with Crippen LogP contribution >= 0.6 is 31.9 Å². The van der Waals surface area contributed by atoms with Gasteiger partial charge in [-0.05, 0) is 36.4 Å². The van der Waals surface area contributed by atoms with E-state index in [9.17, 15) is 9.59 Å². The number of ketones is 1. The third-order valence-corrected chi connectivity index (χ3v) is 4.91. The highest BCUT2D eigenvalue weighted by Gasteiger charge is 2.25. The lowest BCUT2D eigenvalue weighted by atomic mass is 10.1. The summed E-state index contributed by atoms with van der Waals surface area (Å²) in [5, 5.41) is 0. The molecule has 27 heavy (non-hydrogen) atoms. The molecule has 0 unspecified atom stereocenters. The van der Waals surface area contributed by atoms with Crippen molar-refractivity contribution >= 4 is 49.2 Å². The number of amides is 1. The number of methoxy groups -OCH3 is 1. The lowest BCUT2D eigenvalue weighted by Gasteiger charge is -2.28. The van der Waals surface area contributed by atoms with Crippen LogP contribution in [-0.4, -0.2) is 38.7 Å². The first-order chi connectivity index (χ1) is 13.0. The Balaban J connectivity index is 0.000000159. The third kappa shape index (κ3) is 4.88. The van der Waals surface area contributed by atoms with Gasteiger partial charge in [-0.25, -0.2) is 0 Å². The number of fused-ring (bicyclic) bond motifs is 2. The normalized spacial score (nSPS) is 15.0. The Bertz CT molecular complexity index is 871. The van der Waals surface area contributed by atoms with Crippen molar-refractivity contribution in [3.8, 4) is 11.5 Å². The minimum Gasteiger partial charge on any atom is -0.486 e. The average Bonchev–Trinajstić information content (AvgIpc) is 2.64. The molecule has 2 aromatic rings. The Labute approximate surface area is 173 Å². The number of ether oxygens (including phenoxy) is 3. The van der Waals surface area contributed by atoms with E-state index in [-0.39, 0.29) is 31.6 Å². The van der Waals surface area contributed by atoms with Crippen LogP contribution in [0.15, 0.2) is 45.3 Å². The molecule has 0 bridgehead atoms. The highest BCUT2D eigenvalue weighted by Crippen LogP contribution is 2.34. The SMILES string of the molecule is COCN1C(=O)COc2ccc(Br)cc21.O=C1COc2ccc(Br)cc2C1. The van der Waals surface area contributed by atoms with Gasteiger partial charge in [0.2, 0.25) is 0 Å². The Morgan fingerprint density at radius 3 is 2.41 bits per heavy atom. The van der Waals surface area contributed by atoms with Gasteiger partial charge in [0.15, 0.2) is 12.4 Å². The highest BCUT2D eigenvalue weighted by atomic mass is 79.9. The molecular formula is C19H17Br2NO5. The molecule has 2 heterocycles. The lowest BCUT2D eigenvalue weighted by molar-refractivity contribution is -0.122. The predicted octanol–water partition coefficient (Wildman–Crippen LogP) is 3.73. The van der Waals surface area contributed by atoms with Crippen molar-refractivity contribution in [1.82, 2.24) is 0 Å². The molecule has 0 radical (unpaired) electrons. The lowest BCUT2D eigenvalue weighted by Crippen LogP contribution is -2.39. The van der Waals surface area contributed by atoms with Crippen LogP contribution in [-0.2, 0) is 20.7 Å². The second-order valence-corrected chi connectivity index (χ2v) is 7.73. The molecule has 0 spiro atoms. The monoisotopic (exact) mass is 497 g/mol. The number of anilines is 1. The second kappa shape index (κ2) is 8.86. The maximum atomic E-state index is 11.6. The zero-order valence-electron chi connectivity index (χ0n) is 14.5. The molecule has 0 aliphatic carbocycles. The van der Waals surface area contributed by atoms with Gasteiger partial charge in [0.1, 0.15) is 24.8 Å². The van der Waals surface area contributed by atoms with Crippen molar-refractivity contribution in [1.29, 1.82) is 0 Å². The summed E-state index contributed by atoms with van der Waals surface area (Å²) in [6.07, 6.45) is 0.495. The van der Waals surface area contributed by atoms with Crippen molar-refractivity contribution in [3.05, 3.63) is 50.9 Å². The molecule has 2 aliphatic rings. The fraction of sp³-hybridized carbons (Fsp3) is 0.263. The number of hydrogen-bond donors (Lipinski definition) is 0. The van der Waals surface area contributed by atoms with E-state index in [0.717, 1.165) is 25.9 Å². The first kappa shape index (κ1) is 19.9. The Kier molecular flexibility index (Phi) is 6.51. The highest BCUT2D eigenvalue weighted by molar-refractivity contribution is 9.10. The van der Waals surface area contributed by atoms with Crippen LogP contribution in [0, 0.1) is 0 Å². The van der Waals surface area contributed by atoms with Gasteiger partial charge in [-0.2, -0.15) is 0 Å². The van der Waals surface area contributed by atoms with Crippen LogP contribution < -0.4 is 14.4 Å². The summed E-state index contributed by atoms with van der Waals surface area (Å²) in [4.78, 5) is 24.1. The molecule has 0 atom stereocenters. The predicted molar refractivity (Wildman–Crippen MR) is 107 cm³/mol. The number of carbonyl (C=O) groups is 2. The quantitative estimate of drug-likeness (QED) is 0.631. The van der Waals surface area contributed by atoms with E-state index in [2.05, 4.69) is 31.9 Å². The molecule has 0 saturated carbocycles. The van der Waals surface area contributed by atoms with E-state index in [0.29, 0.717) is 12.2 Å². The summed E-state index contributed by atoms with van der Waals surface area (Å²) >= 11 is 6.70. The second-order valence-electron chi connectivity index (χ2n) is 5.90. The number of hydrogen-bond acceptors (Lipinski definition) is 5. The van der Waals surface area contributed by atoms with Crippen LogP contribution in [0.25, 0.3) is 0 Å². The smallest absolute Gasteiger partial charge is 0.266 e. The van der Waals surface area contributed by atoms with Gasteiger partial charge in [-0.1, -0.05) is 31.9 Å². The summed E-state index contributed by atoms with van der Waals surface area (Å²) in [6.45, 7) is 0.526. The van der Waals surface area contributed by atoms with E-state index in [4.69, 9.17) is 14.2 Å². The molecule has 0 saturated heterocycles. The van der Waals surface area contributed by atoms with Gasteiger partial charge in [0, 0.05) is 28.0 Å². The average molecular weight is 499 g/mol. The zero-order valence-corrected chi connectivity index (χ0v) is 17.7. The van der Waals surface area contributed by atoms with Gasteiger partial charge >= 0.3 is 0 Å². The molecular weight excluding hydrogens is 482 g/mol. The van der Waals surface area contributed by atoms with Crippen molar-refractivity contribution < 1.29 is 23.8 Å². The fourth-order valence-electron chi connectivity index (χ4n) is 2.69. The minimum atomic E-state index is -0.0950. The van der Waals surface area contributed by atoms with E-state index >= 15 is 0 Å². The van der Waals surface area contributed by atoms with Crippen molar-refractivity contribution in [2.45, 2.75) is 6.42 Å². The molecule has 2 aliphatic heterocycles. The van der Waals surface area contributed by atoms with Crippen molar-refractivity contribution in [2.24, 2.45) is 0 Å². The molecule has 6 nitrogen and oxygen atoms in total. The Morgan fingerprint density at radius 1 is 1.00 bits per heavy atom. The number of rotatable bonds is 2. The summed E-state index contributed by atoms with van der Waals surface area (Å²) in [5.74, 6) is 1.58. The molecule has 8 heteroatoms. The maximum Gasteiger partial charge on any atom is 0.266 e. The first-order valence-electron chi connectivity index (χ1n) is 8.12. The van der Waals surface area contributed by atoms with Crippen LogP contribution in [0.4, 0.5) is 5.69 Å². The minimum absolute atomic E-state index is 0.0675. The zero-order chi connectivity index (χ0) is 19.4. The van der Waals surface area contributed by atoms with E-state index in [1.165, 1.54) is 0 Å². The number of carbonyl (C=O) groups excluding carboxylic acids is 2. The van der Waals surface area contributed by atoms with Gasteiger partial charge in [0.25, 0.3) is 5.91 Å². The number of Topliss-reactive ketones (excluding diaryl/α,β-unsaturated/α-hetero) is 1. The fourth-order valence-corrected chi connectivity index (χ4v) is 3.45. The van der Waals surface area contributed by atoms with Gasteiger partial charge in [0.05, 0.1) is 5.69 Å². The van der Waals surface area contributed by atoms with E-state index in [1.54, 1.807) is 12.0 Å². The number of benzene rings is 2. The first-order valence-corrected chi connectivity index (χ1v) is 9.71. The van der Waals surface area contributed by atoms with Gasteiger partial charge in [-0.3, -0.25) is 14.5 Å². The standard InChI is InChI=1S/C10H10BrNO3.C9H7BrO2/c1-14-6-12-8-4-7(11)2-3-9(8)15-5-10(12)13;10-7-1-2-9-6(3-7)4-8(11)5-12-9/h2-4H,5-6H2,1H3;1-3H,4-5H2. The molecule has 142 valence electrons. The topological polar surface area (TPSA) is 65.1 Å². The summed E-state index contributed by atoms with van der Waals surface area (Å²) in [5.41, 5.74) is 1.71. The third-order valence-electron chi connectivity index (χ3n) is 3.92. The van der Waals surface area contributed by atoms with Gasteiger partial charge < -0.3 is 14.2 Å². The van der Waals surface area contributed by atoms with Crippen LogP contribution in [0.3, 0.4) is 0 Å². The van der Waals surface area contributed by atoms with Crippen LogP contribution in [0.5, 0.6) is 11.5 Å². The van der Waals surface area contributed by atoms with Crippen molar-refractivity contribution in [3.63, 3.8) is 0 Å². The number of halogens is 2. The van der Waals surface area contributed by atoms with Crippen LogP contribution in [0.1, 0.15) is 5.56 Å². The molecule has 0 aromatic heterocycles. The maximum absolute atomic E-state index is 11.6. The molecule has 1 amide bonds. The largest absolute Gasteiger partial charge is 0.486 e. The van der Waals surface area contributed by atoms with Crippen molar-refractivity contribution in [2.75, 3.05) is 32.0 Å². The molecule has 2 aromatic carbocycles. The van der Waals surface area contributed by atoms with Crippen LogP contribution in [0.2, 0.25) is 0 Å². The Morgan fingerprint density at radius 2 is 1.67 bits per heavy atom. The van der Waals surface area contributed by atoms with E-state index in [1.807, 2.05) is 36.4 Å². The summed E-state index contributed by atoms with van der Waals surface area (Å²) in [7, 11) is 1.56. The number of nitrogens with zero attached hydrogens (tertiary/aromatic N) is 1. The molecule has 0 N–H and O–H groups in total. The van der Waals surface area contributed by atoms with Gasteiger partial charge in [-0.15, -0.1) is 0 Å². The molecule has 0 fully saturated rings.